The summed E-state index contributed by atoms with van der Waals surface area (Å²) in [5.74, 6) is -0.0717. The fourth-order valence-electron chi connectivity index (χ4n) is 1.72. The van der Waals surface area contributed by atoms with Gasteiger partial charge in [0, 0.05) is 6.42 Å². The summed E-state index contributed by atoms with van der Waals surface area (Å²) in [5.41, 5.74) is 0.237. The normalized spacial score (nSPS) is 11.4. The van der Waals surface area contributed by atoms with Gasteiger partial charge in [-0.3, -0.25) is 4.79 Å². The maximum atomic E-state index is 11.2. The van der Waals surface area contributed by atoms with Gasteiger partial charge in [-0.05, 0) is 25.2 Å². The van der Waals surface area contributed by atoms with Crippen LogP contribution in [0.1, 0.15) is 59.3 Å². The van der Waals surface area contributed by atoms with E-state index in [0.29, 0.717) is 13.0 Å². The zero-order valence-corrected chi connectivity index (χ0v) is 11.1. The van der Waals surface area contributed by atoms with E-state index in [1.165, 1.54) is 12.8 Å². The number of ether oxygens (including phenoxy) is 1. The van der Waals surface area contributed by atoms with E-state index < -0.39 is 0 Å². The standard InChI is InChI=1S/C13H25BO2/c1-4-16-12(15)8-10-13(2,3)9-6-5-7-11-14/h4-11H2,1-3H3. The Morgan fingerprint density at radius 3 is 2.44 bits per heavy atom. The predicted octanol–water partition coefficient (Wildman–Crippen LogP) is 3.50. The van der Waals surface area contributed by atoms with Crippen molar-refractivity contribution >= 4 is 13.8 Å². The van der Waals surface area contributed by atoms with Crippen molar-refractivity contribution in [2.75, 3.05) is 6.61 Å². The van der Waals surface area contributed by atoms with Crippen molar-refractivity contribution in [3.8, 4) is 0 Å². The Balaban J connectivity index is 3.64. The minimum absolute atomic E-state index is 0.0717. The second-order valence-electron chi connectivity index (χ2n) is 5.07. The van der Waals surface area contributed by atoms with Crippen molar-refractivity contribution in [3.63, 3.8) is 0 Å². The minimum atomic E-state index is -0.0717. The number of carbonyl (C=O) groups is 1. The number of hydrogen-bond donors (Lipinski definition) is 0. The van der Waals surface area contributed by atoms with Gasteiger partial charge < -0.3 is 4.74 Å². The molecule has 0 rings (SSSR count). The SMILES string of the molecule is [B]CCCCCC(C)(C)CCC(=O)OCC. The van der Waals surface area contributed by atoms with Crippen LogP contribution in [0.2, 0.25) is 6.32 Å². The number of rotatable bonds is 9. The van der Waals surface area contributed by atoms with Gasteiger partial charge in [0.15, 0.2) is 0 Å². The van der Waals surface area contributed by atoms with Crippen molar-refractivity contribution in [2.45, 2.75) is 65.6 Å². The zero-order valence-electron chi connectivity index (χ0n) is 11.1. The Hall–Kier alpha value is -0.465. The Bertz CT molecular complexity index is 190. The average Bonchev–Trinajstić information content (AvgIpc) is 2.22. The molecule has 2 radical (unpaired) electrons. The summed E-state index contributed by atoms with van der Waals surface area (Å²) in [6.45, 7) is 6.76. The minimum Gasteiger partial charge on any atom is -0.466 e. The van der Waals surface area contributed by atoms with Crippen LogP contribution >= 0.6 is 0 Å². The van der Waals surface area contributed by atoms with Crippen LogP contribution in [0.5, 0.6) is 0 Å². The maximum Gasteiger partial charge on any atom is 0.305 e. The highest BCUT2D eigenvalue weighted by Gasteiger charge is 2.18. The smallest absolute Gasteiger partial charge is 0.305 e. The largest absolute Gasteiger partial charge is 0.466 e. The first-order valence-corrected chi connectivity index (χ1v) is 6.37. The molecule has 0 fully saturated rings. The molecule has 2 nitrogen and oxygen atoms in total. The lowest BCUT2D eigenvalue weighted by atomic mass is 9.82. The van der Waals surface area contributed by atoms with E-state index >= 15 is 0 Å². The van der Waals surface area contributed by atoms with E-state index in [-0.39, 0.29) is 11.4 Å². The molecule has 0 saturated carbocycles. The number of hydrogen-bond acceptors (Lipinski definition) is 2. The topological polar surface area (TPSA) is 26.3 Å². The van der Waals surface area contributed by atoms with Gasteiger partial charge in [-0.25, -0.2) is 0 Å². The molecular weight excluding hydrogens is 199 g/mol. The van der Waals surface area contributed by atoms with Gasteiger partial charge in [-0.2, -0.15) is 0 Å². The molecule has 0 unspecified atom stereocenters. The molecule has 0 saturated heterocycles. The highest BCUT2D eigenvalue weighted by Crippen LogP contribution is 2.29. The van der Waals surface area contributed by atoms with Crippen LogP contribution in [0, 0.1) is 5.41 Å². The predicted molar refractivity (Wildman–Crippen MR) is 68.7 cm³/mol. The Morgan fingerprint density at radius 1 is 1.19 bits per heavy atom. The molecule has 3 heteroatoms. The second-order valence-corrected chi connectivity index (χ2v) is 5.07. The van der Waals surface area contributed by atoms with Crippen molar-refractivity contribution in [3.05, 3.63) is 0 Å². The number of unbranched alkanes of at least 4 members (excludes halogenated alkanes) is 2. The number of esters is 1. The molecule has 92 valence electrons. The summed E-state index contributed by atoms with van der Waals surface area (Å²) in [6, 6.07) is 0. The van der Waals surface area contributed by atoms with E-state index in [2.05, 4.69) is 13.8 Å². The lowest BCUT2D eigenvalue weighted by Crippen LogP contribution is -2.15. The Morgan fingerprint density at radius 2 is 1.88 bits per heavy atom. The third kappa shape index (κ3) is 8.81. The molecular formula is C13H25BO2. The Kier molecular flexibility index (Phi) is 8.41. The molecule has 0 aromatic carbocycles. The van der Waals surface area contributed by atoms with E-state index in [9.17, 15) is 4.79 Å². The third-order valence-corrected chi connectivity index (χ3v) is 2.87. The van der Waals surface area contributed by atoms with Crippen molar-refractivity contribution in [2.24, 2.45) is 5.41 Å². The van der Waals surface area contributed by atoms with E-state index in [4.69, 9.17) is 12.6 Å². The maximum absolute atomic E-state index is 11.2. The molecule has 0 bridgehead atoms. The van der Waals surface area contributed by atoms with Crippen LogP contribution in [0.15, 0.2) is 0 Å². The summed E-state index contributed by atoms with van der Waals surface area (Å²) >= 11 is 0. The van der Waals surface area contributed by atoms with Gasteiger partial charge in [0.2, 0.25) is 0 Å². The van der Waals surface area contributed by atoms with Gasteiger partial charge in [0.05, 0.1) is 14.5 Å². The fourth-order valence-corrected chi connectivity index (χ4v) is 1.72. The van der Waals surface area contributed by atoms with Crippen LogP contribution in [0.4, 0.5) is 0 Å². The monoisotopic (exact) mass is 224 g/mol. The highest BCUT2D eigenvalue weighted by atomic mass is 16.5. The van der Waals surface area contributed by atoms with Crippen LogP contribution in [0.25, 0.3) is 0 Å². The molecule has 0 amide bonds. The molecule has 0 spiro atoms. The van der Waals surface area contributed by atoms with E-state index in [1.807, 2.05) is 6.92 Å². The lowest BCUT2D eigenvalue weighted by Gasteiger charge is -2.24. The quantitative estimate of drug-likeness (QED) is 0.340. The van der Waals surface area contributed by atoms with Gasteiger partial charge in [0.25, 0.3) is 0 Å². The van der Waals surface area contributed by atoms with E-state index in [0.717, 1.165) is 25.6 Å². The third-order valence-electron chi connectivity index (χ3n) is 2.87. The molecule has 0 aromatic heterocycles. The first-order valence-electron chi connectivity index (χ1n) is 6.37. The van der Waals surface area contributed by atoms with Crippen LogP contribution in [-0.2, 0) is 9.53 Å². The van der Waals surface area contributed by atoms with Gasteiger partial charge in [-0.15, -0.1) is 0 Å². The van der Waals surface area contributed by atoms with E-state index in [1.54, 1.807) is 0 Å². The zero-order chi connectivity index (χ0) is 12.4. The highest BCUT2D eigenvalue weighted by molar-refractivity contribution is 6.08. The van der Waals surface area contributed by atoms with Gasteiger partial charge in [-0.1, -0.05) is 39.4 Å². The first-order chi connectivity index (χ1) is 7.52. The van der Waals surface area contributed by atoms with Crippen LogP contribution < -0.4 is 0 Å². The van der Waals surface area contributed by atoms with Crippen LogP contribution in [0.3, 0.4) is 0 Å². The van der Waals surface area contributed by atoms with Crippen molar-refractivity contribution < 1.29 is 9.53 Å². The molecule has 16 heavy (non-hydrogen) atoms. The van der Waals surface area contributed by atoms with Crippen molar-refractivity contribution in [1.29, 1.82) is 0 Å². The number of carbonyl (C=O) groups excluding carboxylic acids is 1. The van der Waals surface area contributed by atoms with Crippen molar-refractivity contribution in [1.82, 2.24) is 0 Å². The van der Waals surface area contributed by atoms with Crippen LogP contribution in [-0.4, -0.2) is 20.4 Å². The summed E-state index contributed by atoms with van der Waals surface area (Å²) < 4.78 is 4.92. The summed E-state index contributed by atoms with van der Waals surface area (Å²) in [5, 5.41) is 0. The molecule has 0 heterocycles. The molecule has 0 atom stereocenters. The lowest BCUT2D eigenvalue weighted by molar-refractivity contribution is -0.143. The molecule has 0 aromatic rings. The summed E-state index contributed by atoms with van der Waals surface area (Å²) in [4.78, 5) is 11.2. The molecule has 0 aliphatic rings. The first kappa shape index (κ1) is 15.5. The second kappa shape index (κ2) is 8.66. The van der Waals surface area contributed by atoms with Gasteiger partial charge >= 0.3 is 5.97 Å². The molecule has 0 N–H and O–H groups in total. The molecule has 0 aliphatic carbocycles. The fraction of sp³-hybridized carbons (Fsp3) is 0.923. The average molecular weight is 224 g/mol. The molecule has 0 aliphatic heterocycles. The Labute approximate surface area is 102 Å². The summed E-state index contributed by atoms with van der Waals surface area (Å²) in [7, 11) is 5.45. The van der Waals surface area contributed by atoms with Gasteiger partial charge in [0.1, 0.15) is 0 Å². The summed E-state index contributed by atoms with van der Waals surface area (Å²) in [6.07, 6.45) is 6.89.